The number of nitrogens with zero attached hydrogens (tertiary/aromatic N) is 1. The van der Waals surface area contributed by atoms with Crippen molar-refractivity contribution >= 4 is 5.78 Å². The molecule has 2 aliphatic rings. The second kappa shape index (κ2) is 3.76. The van der Waals surface area contributed by atoms with Crippen molar-refractivity contribution in [1.29, 1.82) is 0 Å². The zero-order chi connectivity index (χ0) is 9.26. The zero-order valence-corrected chi connectivity index (χ0v) is 7.91. The topological polar surface area (TPSA) is 40.5 Å². The number of ketones is 1. The van der Waals surface area contributed by atoms with Gasteiger partial charge >= 0.3 is 0 Å². The van der Waals surface area contributed by atoms with Crippen molar-refractivity contribution in [3.8, 4) is 0 Å². The van der Waals surface area contributed by atoms with Gasteiger partial charge in [-0.2, -0.15) is 0 Å². The number of carbonyl (C=O) groups is 1. The van der Waals surface area contributed by atoms with Gasteiger partial charge in [-0.15, -0.1) is 0 Å². The van der Waals surface area contributed by atoms with Crippen molar-refractivity contribution in [2.24, 2.45) is 5.92 Å². The van der Waals surface area contributed by atoms with E-state index in [1.807, 2.05) is 0 Å². The monoisotopic (exact) mass is 183 g/mol. The summed E-state index contributed by atoms with van der Waals surface area (Å²) in [6, 6.07) is 0.139. The van der Waals surface area contributed by atoms with Gasteiger partial charge in [0.05, 0.1) is 12.6 Å². The molecule has 2 saturated heterocycles. The van der Waals surface area contributed by atoms with E-state index in [0.29, 0.717) is 0 Å². The molecule has 74 valence electrons. The molecule has 2 heterocycles. The van der Waals surface area contributed by atoms with Crippen molar-refractivity contribution < 1.29 is 9.90 Å². The van der Waals surface area contributed by atoms with Gasteiger partial charge in [-0.25, -0.2) is 0 Å². The molecule has 0 amide bonds. The van der Waals surface area contributed by atoms with Crippen molar-refractivity contribution in [3.63, 3.8) is 0 Å². The van der Waals surface area contributed by atoms with E-state index in [9.17, 15) is 4.79 Å². The molecule has 2 atom stereocenters. The first-order valence-electron chi connectivity index (χ1n) is 5.21. The maximum Gasteiger partial charge on any atom is 0.155 e. The highest BCUT2D eigenvalue weighted by Crippen LogP contribution is 2.26. The van der Waals surface area contributed by atoms with Crippen LogP contribution in [0.4, 0.5) is 0 Å². The number of Topliss-reactive ketones (excluding diaryl/α,β-unsaturated/α-hetero) is 1. The molecule has 2 aliphatic heterocycles. The third-order valence-electron chi connectivity index (χ3n) is 3.33. The molecule has 3 heteroatoms. The predicted molar refractivity (Wildman–Crippen MR) is 49.4 cm³/mol. The minimum Gasteiger partial charge on any atom is -0.396 e. The van der Waals surface area contributed by atoms with Crippen LogP contribution >= 0.6 is 0 Å². The molecule has 2 fully saturated rings. The largest absolute Gasteiger partial charge is 0.396 e. The number of carbonyl (C=O) groups excluding carboxylic acids is 1. The summed E-state index contributed by atoms with van der Waals surface area (Å²) in [5.41, 5.74) is 0. The summed E-state index contributed by atoms with van der Waals surface area (Å²) >= 11 is 0. The summed E-state index contributed by atoms with van der Waals surface area (Å²) in [7, 11) is 0. The Morgan fingerprint density at radius 3 is 2.92 bits per heavy atom. The van der Waals surface area contributed by atoms with Crippen LogP contribution in [0, 0.1) is 5.92 Å². The van der Waals surface area contributed by atoms with E-state index in [1.165, 1.54) is 12.8 Å². The average Bonchev–Trinajstić information content (AvgIpc) is 2.19. The van der Waals surface area contributed by atoms with E-state index in [0.717, 1.165) is 25.9 Å². The first-order valence-corrected chi connectivity index (χ1v) is 5.21. The highest BCUT2D eigenvalue weighted by molar-refractivity contribution is 5.87. The van der Waals surface area contributed by atoms with E-state index in [-0.39, 0.29) is 24.3 Å². The molecular formula is C10H17NO2. The summed E-state index contributed by atoms with van der Waals surface area (Å²) in [5.74, 6) is 0.216. The summed E-state index contributed by atoms with van der Waals surface area (Å²) in [6.45, 7) is 2.12. The number of hydrogen-bond acceptors (Lipinski definition) is 3. The SMILES string of the molecule is O=C1C(CO)CCN2CCCCC12. The van der Waals surface area contributed by atoms with Crippen LogP contribution in [-0.2, 0) is 4.79 Å². The summed E-state index contributed by atoms with van der Waals surface area (Å²) in [6.07, 6.45) is 4.26. The number of rotatable bonds is 1. The second-order valence-electron chi connectivity index (χ2n) is 4.12. The normalized spacial score (nSPS) is 35.9. The molecule has 0 aliphatic carbocycles. The van der Waals surface area contributed by atoms with Gasteiger partial charge in [0.1, 0.15) is 0 Å². The fourth-order valence-corrected chi connectivity index (χ4v) is 2.50. The van der Waals surface area contributed by atoms with Crippen LogP contribution in [-0.4, -0.2) is 41.5 Å². The fraction of sp³-hybridized carbons (Fsp3) is 0.900. The van der Waals surface area contributed by atoms with E-state index < -0.39 is 0 Å². The van der Waals surface area contributed by atoms with Gasteiger partial charge in [-0.1, -0.05) is 6.42 Å². The van der Waals surface area contributed by atoms with E-state index in [1.54, 1.807) is 0 Å². The first kappa shape index (κ1) is 9.16. The summed E-state index contributed by atoms with van der Waals surface area (Å²) < 4.78 is 0. The van der Waals surface area contributed by atoms with Crippen LogP contribution in [0.2, 0.25) is 0 Å². The number of aliphatic hydroxyl groups excluding tert-OH is 1. The summed E-state index contributed by atoms with van der Waals surface area (Å²) in [5, 5.41) is 9.01. The average molecular weight is 183 g/mol. The molecule has 3 nitrogen and oxygen atoms in total. The van der Waals surface area contributed by atoms with Crippen LogP contribution in [0.15, 0.2) is 0 Å². The standard InChI is InChI=1S/C10H17NO2/c12-7-8-4-6-11-5-2-1-3-9(11)10(8)13/h8-9,12H,1-7H2. The lowest BCUT2D eigenvalue weighted by Crippen LogP contribution is -2.52. The summed E-state index contributed by atoms with van der Waals surface area (Å²) in [4.78, 5) is 14.1. The minimum atomic E-state index is -0.0700. The number of hydrogen-bond donors (Lipinski definition) is 1. The molecule has 0 radical (unpaired) electrons. The predicted octanol–water partition coefficient (Wildman–Crippen LogP) is 0.422. The molecule has 0 saturated carbocycles. The Labute approximate surface area is 78.7 Å². The van der Waals surface area contributed by atoms with Crippen LogP contribution in [0.3, 0.4) is 0 Å². The number of aliphatic hydroxyl groups is 1. The molecule has 13 heavy (non-hydrogen) atoms. The Morgan fingerprint density at radius 2 is 2.15 bits per heavy atom. The van der Waals surface area contributed by atoms with Gasteiger partial charge in [-0.05, 0) is 32.4 Å². The van der Waals surface area contributed by atoms with Gasteiger partial charge < -0.3 is 5.11 Å². The highest BCUT2D eigenvalue weighted by atomic mass is 16.3. The van der Waals surface area contributed by atoms with Crippen molar-refractivity contribution in [2.75, 3.05) is 19.7 Å². The van der Waals surface area contributed by atoms with Crippen LogP contribution in [0.25, 0.3) is 0 Å². The Morgan fingerprint density at radius 1 is 1.31 bits per heavy atom. The second-order valence-corrected chi connectivity index (χ2v) is 4.12. The van der Waals surface area contributed by atoms with Crippen molar-refractivity contribution in [3.05, 3.63) is 0 Å². The fourth-order valence-electron chi connectivity index (χ4n) is 2.50. The van der Waals surface area contributed by atoms with Gasteiger partial charge in [0.2, 0.25) is 0 Å². The third-order valence-corrected chi connectivity index (χ3v) is 3.33. The molecule has 0 aromatic rings. The number of piperidine rings is 2. The Kier molecular flexibility index (Phi) is 2.65. The lowest BCUT2D eigenvalue weighted by atomic mass is 9.85. The molecule has 2 rings (SSSR count). The van der Waals surface area contributed by atoms with E-state index >= 15 is 0 Å². The first-order chi connectivity index (χ1) is 6.33. The Balaban J connectivity index is 2.05. The third kappa shape index (κ3) is 1.63. The lowest BCUT2D eigenvalue weighted by Gasteiger charge is -2.40. The number of fused-ring (bicyclic) bond motifs is 1. The maximum atomic E-state index is 11.8. The molecule has 0 spiro atoms. The van der Waals surface area contributed by atoms with Gasteiger partial charge in [0, 0.05) is 5.92 Å². The van der Waals surface area contributed by atoms with Crippen LogP contribution in [0.1, 0.15) is 25.7 Å². The highest BCUT2D eigenvalue weighted by Gasteiger charge is 2.36. The molecule has 0 aromatic carbocycles. The quantitative estimate of drug-likeness (QED) is 0.640. The molecule has 0 bridgehead atoms. The van der Waals surface area contributed by atoms with Crippen molar-refractivity contribution in [1.82, 2.24) is 4.90 Å². The van der Waals surface area contributed by atoms with Crippen molar-refractivity contribution in [2.45, 2.75) is 31.7 Å². The molecule has 2 unspecified atom stereocenters. The van der Waals surface area contributed by atoms with Gasteiger partial charge in [-0.3, -0.25) is 9.69 Å². The van der Waals surface area contributed by atoms with Gasteiger partial charge in [0.15, 0.2) is 5.78 Å². The van der Waals surface area contributed by atoms with E-state index in [4.69, 9.17) is 5.11 Å². The van der Waals surface area contributed by atoms with Gasteiger partial charge in [0.25, 0.3) is 0 Å². The smallest absolute Gasteiger partial charge is 0.155 e. The molecule has 0 aromatic heterocycles. The zero-order valence-electron chi connectivity index (χ0n) is 7.91. The minimum absolute atomic E-state index is 0.0448. The molecule has 1 N–H and O–H groups in total. The Bertz CT molecular complexity index is 205. The van der Waals surface area contributed by atoms with E-state index in [2.05, 4.69) is 4.90 Å². The van der Waals surface area contributed by atoms with Crippen LogP contribution in [0.5, 0.6) is 0 Å². The lowest BCUT2D eigenvalue weighted by molar-refractivity contribution is -0.134. The van der Waals surface area contributed by atoms with Crippen LogP contribution < -0.4 is 0 Å². The molecular weight excluding hydrogens is 166 g/mol. The maximum absolute atomic E-state index is 11.8. The Hall–Kier alpha value is -0.410.